The Kier molecular flexibility index (Phi) is 7.70. The zero-order chi connectivity index (χ0) is 19.6. The number of amides is 2. The molecule has 2 aromatic carbocycles. The van der Waals surface area contributed by atoms with E-state index >= 15 is 0 Å². The largest absolute Gasteiger partial charge is 0.352 e. The average Bonchev–Trinajstić information content (AvgIpc) is 2.66. The van der Waals surface area contributed by atoms with E-state index in [1.54, 1.807) is 30.3 Å². The Labute approximate surface area is 164 Å². The molecule has 0 radical (unpaired) electrons. The summed E-state index contributed by atoms with van der Waals surface area (Å²) in [6.07, 6.45) is 3.98. The van der Waals surface area contributed by atoms with E-state index in [2.05, 4.69) is 16.0 Å². The van der Waals surface area contributed by atoms with Crippen LogP contribution in [0.25, 0.3) is 6.08 Å². The number of carbonyl (C=O) groups excluding carboxylic acids is 2. The highest BCUT2D eigenvalue weighted by atomic mass is 32.1. The van der Waals surface area contributed by atoms with Crippen molar-refractivity contribution in [3.63, 3.8) is 0 Å². The van der Waals surface area contributed by atoms with Crippen molar-refractivity contribution in [2.45, 2.75) is 20.3 Å². The van der Waals surface area contributed by atoms with Gasteiger partial charge in [-0.3, -0.25) is 14.9 Å². The van der Waals surface area contributed by atoms with Crippen molar-refractivity contribution in [3.8, 4) is 0 Å². The standard InChI is InChI=1S/C21H23N3O2S/c1-3-14-22-20(26)17-6-4-5-7-18(17)23-21(27)24-19(25)13-12-16-10-8-15(2)9-11-16/h4-13H,3,14H2,1-2H3,(H,22,26)(H2,23,24,25,27). The molecule has 2 rings (SSSR count). The molecule has 5 nitrogen and oxygen atoms in total. The monoisotopic (exact) mass is 381 g/mol. The second-order valence-corrected chi connectivity index (χ2v) is 6.40. The van der Waals surface area contributed by atoms with Crippen LogP contribution >= 0.6 is 12.2 Å². The highest BCUT2D eigenvalue weighted by Crippen LogP contribution is 2.14. The van der Waals surface area contributed by atoms with E-state index in [0.717, 1.165) is 17.5 Å². The molecule has 0 fully saturated rings. The molecule has 0 aliphatic rings. The first kappa shape index (κ1) is 20.3. The molecule has 2 aromatic rings. The van der Waals surface area contributed by atoms with Crippen LogP contribution in [0.2, 0.25) is 0 Å². The van der Waals surface area contributed by atoms with Gasteiger partial charge in [-0.05, 0) is 49.3 Å². The fourth-order valence-electron chi connectivity index (χ4n) is 2.28. The van der Waals surface area contributed by atoms with Crippen molar-refractivity contribution >= 4 is 40.9 Å². The molecular formula is C21H23N3O2S. The number of carbonyl (C=O) groups is 2. The van der Waals surface area contributed by atoms with Gasteiger partial charge in [0.15, 0.2) is 5.11 Å². The number of rotatable bonds is 6. The van der Waals surface area contributed by atoms with Crippen LogP contribution in [0, 0.1) is 6.92 Å². The van der Waals surface area contributed by atoms with Crippen molar-refractivity contribution in [1.29, 1.82) is 0 Å². The van der Waals surface area contributed by atoms with E-state index in [-0.39, 0.29) is 16.9 Å². The number of para-hydroxylation sites is 1. The molecular weight excluding hydrogens is 358 g/mol. The number of anilines is 1. The SMILES string of the molecule is CCCNC(=O)c1ccccc1NC(=S)NC(=O)C=Cc1ccc(C)cc1. The van der Waals surface area contributed by atoms with Crippen LogP contribution in [-0.4, -0.2) is 23.5 Å². The summed E-state index contributed by atoms with van der Waals surface area (Å²) >= 11 is 5.19. The minimum atomic E-state index is -0.346. The summed E-state index contributed by atoms with van der Waals surface area (Å²) in [4.78, 5) is 24.3. The van der Waals surface area contributed by atoms with Crippen molar-refractivity contribution in [1.82, 2.24) is 10.6 Å². The maximum absolute atomic E-state index is 12.2. The molecule has 27 heavy (non-hydrogen) atoms. The lowest BCUT2D eigenvalue weighted by Crippen LogP contribution is -2.34. The normalized spacial score (nSPS) is 10.4. The second-order valence-electron chi connectivity index (χ2n) is 5.99. The van der Waals surface area contributed by atoms with Gasteiger partial charge in [-0.1, -0.05) is 48.9 Å². The molecule has 140 valence electrons. The third kappa shape index (κ3) is 6.67. The second kappa shape index (κ2) is 10.2. The van der Waals surface area contributed by atoms with Crippen LogP contribution in [0.15, 0.2) is 54.6 Å². The first-order valence-corrected chi connectivity index (χ1v) is 9.14. The van der Waals surface area contributed by atoms with Crippen LogP contribution in [-0.2, 0) is 4.79 Å². The van der Waals surface area contributed by atoms with Crippen LogP contribution in [0.1, 0.15) is 34.8 Å². The lowest BCUT2D eigenvalue weighted by molar-refractivity contribution is -0.115. The molecule has 0 bridgehead atoms. The first-order valence-electron chi connectivity index (χ1n) is 8.73. The third-order valence-corrected chi connectivity index (χ3v) is 3.90. The molecule has 0 saturated heterocycles. The first-order chi connectivity index (χ1) is 13.0. The molecule has 0 aliphatic heterocycles. The number of nitrogens with one attached hydrogen (secondary N) is 3. The lowest BCUT2D eigenvalue weighted by atomic mass is 10.1. The average molecular weight is 382 g/mol. The summed E-state index contributed by atoms with van der Waals surface area (Å²) in [5.41, 5.74) is 3.09. The fourth-order valence-corrected chi connectivity index (χ4v) is 2.49. The predicted molar refractivity (Wildman–Crippen MR) is 114 cm³/mol. The molecule has 0 aliphatic carbocycles. The van der Waals surface area contributed by atoms with E-state index in [4.69, 9.17) is 12.2 Å². The van der Waals surface area contributed by atoms with Crippen molar-refractivity contribution in [3.05, 3.63) is 71.3 Å². The van der Waals surface area contributed by atoms with Crippen LogP contribution in [0.5, 0.6) is 0 Å². The lowest BCUT2D eigenvalue weighted by Gasteiger charge is -2.12. The molecule has 2 amide bonds. The summed E-state index contributed by atoms with van der Waals surface area (Å²) in [5.74, 6) is -0.533. The summed E-state index contributed by atoms with van der Waals surface area (Å²) in [5, 5.41) is 8.45. The van der Waals surface area contributed by atoms with Gasteiger partial charge in [0.2, 0.25) is 5.91 Å². The Morgan fingerprint density at radius 1 is 1.07 bits per heavy atom. The molecule has 6 heteroatoms. The Hall–Kier alpha value is -2.99. The molecule has 0 aromatic heterocycles. The maximum Gasteiger partial charge on any atom is 0.253 e. The van der Waals surface area contributed by atoms with Gasteiger partial charge in [0.05, 0.1) is 11.3 Å². The Morgan fingerprint density at radius 2 is 1.78 bits per heavy atom. The van der Waals surface area contributed by atoms with Gasteiger partial charge in [0.25, 0.3) is 5.91 Å². The van der Waals surface area contributed by atoms with E-state index < -0.39 is 0 Å². The van der Waals surface area contributed by atoms with Gasteiger partial charge >= 0.3 is 0 Å². The minimum Gasteiger partial charge on any atom is -0.352 e. The Balaban J connectivity index is 1.96. The van der Waals surface area contributed by atoms with Gasteiger partial charge in [-0.15, -0.1) is 0 Å². The van der Waals surface area contributed by atoms with E-state index in [9.17, 15) is 9.59 Å². The quantitative estimate of drug-likeness (QED) is 0.528. The summed E-state index contributed by atoms with van der Waals surface area (Å²) in [6.45, 7) is 4.59. The molecule has 0 saturated carbocycles. The third-order valence-electron chi connectivity index (χ3n) is 3.70. The van der Waals surface area contributed by atoms with Gasteiger partial charge in [0.1, 0.15) is 0 Å². The van der Waals surface area contributed by atoms with Gasteiger partial charge < -0.3 is 10.6 Å². The predicted octanol–water partition coefficient (Wildman–Crippen LogP) is 3.66. The summed E-state index contributed by atoms with van der Waals surface area (Å²) < 4.78 is 0. The number of hydrogen-bond acceptors (Lipinski definition) is 3. The Bertz CT molecular complexity index is 845. The number of thiocarbonyl (C=S) groups is 1. The van der Waals surface area contributed by atoms with Crippen molar-refractivity contribution in [2.24, 2.45) is 0 Å². The number of benzene rings is 2. The Morgan fingerprint density at radius 3 is 2.48 bits per heavy atom. The van der Waals surface area contributed by atoms with Crippen LogP contribution in [0.3, 0.4) is 0 Å². The maximum atomic E-state index is 12.2. The smallest absolute Gasteiger partial charge is 0.253 e. The molecule has 0 heterocycles. The van der Waals surface area contributed by atoms with Crippen molar-refractivity contribution in [2.75, 3.05) is 11.9 Å². The summed E-state index contributed by atoms with van der Waals surface area (Å²) in [6, 6.07) is 14.8. The minimum absolute atomic E-state index is 0.129. The van der Waals surface area contributed by atoms with Crippen molar-refractivity contribution < 1.29 is 9.59 Å². The number of hydrogen-bond donors (Lipinski definition) is 3. The van der Waals surface area contributed by atoms with Crippen LogP contribution < -0.4 is 16.0 Å². The van der Waals surface area contributed by atoms with Gasteiger partial charge in [-0.25, -0.2) is 0 Å². The summed E-state index contributed by atoms with van der Waals surface area (Å²) in [7, 11) is 0. The zero-order valence-electron chi connectivity index (χ0n) is 15.4. The van der Waals surface area contributed by atoms with Crippen LogP contribution in [0.4, 0.5) is 5.69 Å². The molecule has 0 atom stereocenters. The molecule has 0 unspecified atom stereocenters. The van der Waals surface area contributed by atoms with Gasteiger partial charge in [0, 0.05) is 12.6 Å². The van der Waals surface area contributed by atoms with E-state index in [0.29, 0.717) is 17.8 Å². The van der Waals surface area contributed by atoms with E-state index in [1.165, 1.54) is 6.08 Å². The molecule has 3 N–H and O–H groups in total. The highest BCUT2D eigenvalue weighted by Gasteiger charge is 2.11. The molecule has 0 spiro atoms. The van der Waals surface area contributed by atoms with Gasteiger partial charge in [-0.2, -0.15) is 0 Å². The zero-order valence-corrected chi connectivity index (χ0v) is 16.2. The van der Waals surface area contributed by atoms with E-state index in [1.807, 2.05) is 38.1 Å². The highest BCUT2D eigenvalue weighted by molar-refractivity contribution is 7.80. The number of aryl methyl sites for hydroxylation is 1. The fraction of sp³-hybridized carbons (Fsp3) is 0.190. The topological polar surface area (TPSA) is 70.2 Å².